The molecule has 0 aliphatic rings. The Labute approximate surface area is 142 Å². The zero-order valence-electron chi connectivity index (χ0n) is 14.5. The molecule has 0 aliphatic carbocycles. The van der Waals surface area contributed by atoms with Gasteiger partial charge in [-0.05, 0) is 37.6 Å². The van der Waals surface area contributed by atoms with E-state index in [1.807, 2.05) is 0 Å². The van der Waals surface area contributed by atoms with Gasteiger partial charge in [-0.1, -0.05) is 12.1 Å². The van der Waals surface area contributed by atoms with Gasteiger partial charge in [-0.2, -0.15) is 0 Å². The zero-order valence-corrected chi connectivity index (χ0v) is 14.5. The van der Waals surface area contributed by atoms with E-state index in [2.05, 4.69) is 10.6 Å². The van der Waals surface area contributed by atoms with Gasteiger partial charge in [-0.15, -0.1) is 0 Å². The van der Waals surface area contributed by atoms with E-state index < -0.39 is 0 Å². The molecule has 0 fully saturated rings. The highest BCUT2D eigenvalue weighted by Gasteiger charge is 2.10. The molecule has 1 aromatic carbocycles. The zero-order chi connectivity index (χ0) is 17.9. The van der Waals surface area contributed by atoms with Crippen molar-refractivity contribution in [3.8, 4) is 0 Å². The number of rotatable bonds is 10. The maximum absolute atomic E-state index is 13.4. The molecule has 0 spiro atoms. The Morgan fingerprint density at radius 2 is 1.88 bits per heavy atom. The molecule has 2 amide bonds. The van der Waals surface area contributed by atoms with E-state index >= 15 is 0 Å². The SMILES string of the molecule is COCCCNC(=O)CN(C)CC(=O)NCc1ccc(C)c(F)c1. The molecular weight excluding hydrogens is 313 g/mol. The maximum atomic E-state index is 13.4. The van der Waals surface area contributed by atoms with Crippen LogP contribution in [0.4, 0.5) is 4.39 Å². The van der Waals surface area contributed by atoms with Crippen molar-refractivity contribution in [2.75, 3.05) is 40.4 Å². The summed E-state index contributed by atoms with van der Waals surface area (Å²) in [6.45, 7) is 3.32. The highest BCUT2D eigenvalue weighted by atomic mass is 19.1. The molecule has 6 nitrogen and oxygen atoms in total. The Morgan fingerprint density at radius 1 is 1.21 bits per heavy atom. The van der Waals surface area contributed by atoms with E-state index in [0.29, 0.717) is 24.3 Å². The number of methoxy groups -OCH3 is 1. The number of ether oxygens (including phenoxy) is 1. The molecule has 24 heavy (non-hydrogen) atoms. The maximum Gasteiger partial charge on any atom is 0.234 e. The predicted octanol–water partition coefficient (Wildman–Crippen LogP) is 0.835. The van der Waals surface area contributed by atoms with Crippen LogP contribution in [0.15, 0.2) is 18.2 Å². The fourth-order valence-corrected chi connectivity index (χ4v) is 2.05. The average molecular weight is 339 g/mol. The summed E-state index contributed by atoms with van der Waals surface area (Å²) in [7, 11) is 3.30. The van der Waals surface area contributed by atoms with Gasteiger partial charge in [0.25, 0.3) is 0 Å². The fraction of sp³-hybridized carbons (Fsp3) is 0.529. The van der Waals surface area contributed by atoms with Crippen molar-refractivity contribution in [3.05, 3.63) is 35.1 Å². The molecule has 0 saturated carbocycles. The second kappa shape index (κ2) is 10.7. The third-order valence-electron chi connectivity index (χ3n) is 3.40. The first-order valence-electron chi connectivity index (χ1n) is 7.88. The first-order valence-corrected chi connectivity index (χ1v) is 7.88. The number of aryl methyl sites for hydroxylation is 1. The highest BCUT2D eigenvalue weighted by Crippen LogP contribution is 2.08. The molecule has 7 heteroatoms. The summed E-state index contributed by atoms with van der Waals surface area (Å²) >= 11 is 0. The number of carbonyl (C=O) groups is 2. The van der Waals surface area contributed by atoms with Crippen LogP contribution < -0.4 is 10.6 Å². The number of benzene rings is 1. The lowest BCUT2D eigenvalue weighted by Gasteiger charge is -2.16. The van der Waals surface area contributed by atoms with Gasteiger partial charge in [0.15, 0.2) is 0 Å². The average Bonchev–Trinajstić information content (AvgIpc) is 2.52. The Bertz CT molecular complexity index is 552. The standard InChI is InChI=1S/C17H26FN3O3/c1-13-5-6-14(9-15(13)18)10-20-17(23)12-21(2)11-16(22)19-7-4-8-24-3/h5-6,9H,4,7-8,10-12H2,1-3H3,(H,19,22)(H,20,23). The van der Waals surface area contributed by atoms with Gasteiger partial charge in [-0.25, -0.2) is 4.39 Å². The molecule has 0 radical (unpaired) electrons. The quantitative estimate of drug-likeness (QED) is 0.620. The van der Waals surface area contributed by atoms with Crippen LogP contribution in [0.1, 0.15) is 17.5 Å². The Hall–Kier alpha value is -1.99. The van der Waals surface area contributed by atoms with Gasteiger partial charge in [0.05, 0.1) is 13.1 Å². The van der Waals surface area contributed by atoms with Crippen molar-refractivity contribution in [3.63, 3.8) is 0 Å². The van der Waals surface area contributed by atoms with Crippen LogP contribution in [-0.4, -0.2) is 57.1 Å². The number of nitrogens with one attached hydrogen (secondary N) is 2. The van der Waals surface area contributed by atoms with Crippen molar-refractivity contribution in [1.29, 1.82) is 0 Å². The molecule has 0 bridgehead atoms. The van der Waals surface area contributed by atoms with Gasteiger partial charge in [0.2, 0.25) is 11.8 Å². The normalized spacial score (nSPS) is 10.7. The van der Waals surface area contributed by atoms with Crippen LogP contribution >= 0.6 is 0 Å². The summed E-state index contributed by atoms with van der Waals surface area (Å²) in [5.74, 6) is -0.642. The molecule has 1 aromatic rings. The number of nitrogens with zero attached hydrogens (tertiary/aromatic N) is 1. The topological polar surface area (TPSA) is 70.7 Å². The number of likely N-dealkylation sites (N-methyl/N-ethyl adjacent to an activating group) is 1. The molecule has 0 aliphatic heterocycles. The second-order valence-electron chi connectivity index (χ2n) is 5.73. The van der Waals surface area contributed by atoms with E-state index in [-0.39, 0.29) is 37.3 Å². The van der Waals surface area contributed by atoms with Crippen molar-refractivity contribution < 1.29 is 18.7 Å². The monoisotopic (exact) mass is 339 g/mol. The first-order chi connectivity index (χ1) is 11.4. The van der Waals surface area contributed by atoms with Gasteiger partial charge >= 0.3 is 0 Å². The van der Waals surface area contributed by atoms with Crippen LogP contribution in [0.5, 0.6) is 0 Å². The number of carbonyl (C=O) groups excluding carboxylic acids is 2. The van der Waals surface area contributed by atoms with E-state index in [4.69, 9.17) is 4.74 Å². The Kier molecular flexibility index (Phi) is 8.96. The minimum absolute atomic E-state index is 0.0971. The van der Waals surface area contributed by atoms with E-state index in [1.54, 1.807) is 38.1 Å². The number of hydrogen-bond donors (Lipinski definition) is 2. The van der Waals surface area contributed by atoms with Crippen molar-refractivity contribution in [1.82, 2.24) is 15.5 Å². The lowest BCUT2D eigenvalue weighted by Crippen LogP contribution is -2.41. The molecule has 1 rings (SSSR count). The Balaban J connectivity index is 2.26. The molecular formula is C17H26FN3O3. The van der Waals surface area contributed by atoms with E-state index in [0.717, 1.165) is 6.42 Å². The fourth-order valence-electron chi connectivity index (χ4n) is 2.05. The number of amides is 2. The van der Waals surface area contributed by atoms with Gasteiger partial charge in [-0.3, -0.25) is 14.5 Å². The lowest BCUT2D eigenvalue weighted by molar-refractivity contribution is -0.124. The first kappa shape index (κ1) is 20.1. The number of hydrogen-bond acceptors (Lipinski definition) is 4. The van der Waals surface area contributed by atoms with Crippen molar-refractivity contribution in [2.45, 2.75) is 19.9 Å². The summed E-state index contributed by atoms with van der Waals surface area (Å²) in [6.07, 6.45) is 0.750. The van der Waals surface area contributed by atoms with Gasteiger partial charge in [0, 0.05) is 26.8 Å². The van der Waals surface area contributed by atoms with Crippen molar-refractivity contribution in [2.24, 2.45) is 0 Å². The summed E-state index contributed by atoms with van der Waals surface area (Å²) in [4.78, 5) is 25.2. The third-order valence-corrected chi connectivity index (χ3v) is 3.40. The predicted molar refractivity (Wildman–Crippen MR) is 90.0 cm³/mol. The van der Waals surface area contributed by atoms with Gasteiger partial charge < -0.3 is 15.4 Å². The Morgan fingerprint density at radius 3 is 2.50 bits per heavy atom. The summed E-state index contributed by atoms with van der Waals surface area (Å²) in [5, 5.41) is 5.47. The number of halogens is 1. The molecule has 0 heterocycles. The van der Waals surface area contributed by atoms with E-state index in [9.17, 15) is 14.0 Å². The van der Waals surface area contributed by atoms with Crippen LogP contribution in [0.3, 0.4) is 0 Å². The van der Waals surface area contributed by atoms with Crippen LogP contribution in [-0.2, 0) is 20.9 Å². The largest absolute Gasteiger partial charge is 0.385 e. The second-order valence-corrected chi connectivity index (χ2v) is 5.73. The minimum Gasteiger partial charge on any atom is -0.385 e. The summed E-state index contributed by atoms with van der Waals surface area (Å²) in [5.41, 5.74) is 1.27. The molecule has 0 saturated heterocycles. The lowest BCUT2D eigenvalue weighted by atomic mass is 10.1. The van der Waals surface area contributed by atoms with Crippen LogP contribution in [0.2, 0.25) is 0 Å². The third kappa shape index (κ3) is 8.03. The van der Waals surface area contributed by atoms with Gasteiger partial charge in [0.1, 0.15) is 5.82 Å². The molecule has 0 aromatic heterocycles. The molecule has 2 N–H and O–H groups in total. The highest BCUT2D eigenvalue weighted by molar-refractivity contribution is 5.81. The summed E-state index contributed by atoms with van der Waals surface area (Å²) in [6, 6.07) is 4.86. The van der Waals surface area contributed by atoms with Crippen LogP contribution in [0.25, 0.3) is 0 Å². The van der Waals surface area contributed by atoms with Crippen molar-refractivity contribution >= 4 is 11.8 Å². The molecule has 0 unspecified atom stereocenters. The minimum atomic E-state index is -0.288. The smallest absolute Gasteiger partial charge is 0.234 e. The molecule has 134 valence electrons. The summed E-state index contributed by atoms with van der Waals surface area (Å²) < 4.78 is 18.3. The van der Waals surface area contributed by atoms with E-state index in [1.165, 1.54) is 6.07 Å². The molecule has 0 atom stereocenters. The van der Waals surface area contributed by atoms with Crippen LogP contribution in [0, 0.1) is 12.7 Å².